The average Bonchev–Trinajstić information content (AvgIpc) is 2.82. The van der Waals surface area contributed by atoms with Gasteiger partial charge in [-0.1, -0.05) is 40.2 Å². The van der Waals surface area contributed by atoms with Gasteiger partial charge in [0.1, 0.15) is 0 Å². The lowest BCUT2D eigenvalue weighted by Gasteiger charge is -2.18. The number of nitrogens with zero attached hydrogens (tertiary/aromatic N) is 1. The Morgan fingerprint density at radius 2 is 2.00 bits per heavy atom. The van der Waals surface area contributed by atoms with Crippen LogP contribution in [0, 0.1) is 0 Å². The van der Waals surface area contributed by atoms with Crippen LogP contribution in [0.4, 0.5) is 16.2 Å². The van der Waals surface area contributed by atoms with Crippen LogP contribution in [0.5, 0.6) is 0 Å². The number of para-hydroxylation sites is 1. The zero-order chi connectivity index (χ0) is 13.2. The summed E-state index contributed by atoms with van der Waals surface area (Å²) in [7, 11) is 0. The van der Waals surface area contributed by atoms with Crippen LogP contribution in [-0.4, -0.2) is 12.6 Å². The summed E-state index contributed by atoms with van der Waals surface area (Å²) in [5, 5.41) is 2.92. The predicted molar refractivity (Wildman–Crippen MR) is 80.7 cm³/mol. The Balaban J connectivity index is 1.79. The summed E-state index contributed by atoms with van der Waals surface area (Å²) in [6.07, 6.45) is 0.919. The molecule has 19 heavy (non-hydrogen) atoms. The highest BCUT2D eigenvalue weighted by Gasteiger charge is 2.23. The van der Waals surface area contributed by atoms with E-state index in [1.54, 1.807) is 4.90 Å². The van der Waals surface area contributed by atoms with Crippen molar-refractivity contribution in [2.24, 2.45) is 0 Å². The Kier molecular flexibility index (Phi) is 3.25. The third kappa shape index (κ3) is 2.49. The van der Waals surface area contributed by atoms with E-state index in [0.717, 1.165) is 28.8 Å². The van der Waals surface area contributed by atoms with Gasteiger partial charge in [0.05, 0.1) is 0 Å². The molecule has 0 saturated heterocycles. The highest BCUT2D eigenvalue weighted by atomic mass is 79.9. The summed E-state index contributed by atoms with van der Waals surface area (Å²) in [5.74, 6) is 0. The summed E-state index contributed by atoms with van der Waals surface area (Å²) in [6, 6.07) is 15.6. The number of hydrogen-bond donors (Lipinski definition) is 1. The van der Waals surface area contributed by atoms with Gasteiger partial charge in [-0.2, -0.15) is 0 Å². The summed E-state index contributed by atoms with van der Waals surface area (Å²) < 4.78 is 0.951. The Labute approximate surface area is 120 Å². The van der Waals surface area contributed by atoms with Gasteiger partial charge in [0.2, 0.25) is 0 Å². The van der Waals surface area contributed by atoms with E-state index in [1.165, 1.54) is 5.56 Å². The molecule has 0 aromatic heterocycles. The van der Waals surface area contributed by atoms with Gasteiger partial charge in [-0.25, -0.2) is 4.79 Å². The van der Waals surface area contributed by atoms with E-state index in [-0.39, 0.29) is 6.03 Å². The minimum atomic E-state index is -0.0805. The molecule has 0 spiro atoms. The molecule has 0 aliphatic carbocycles. The monoisotopic (exact) mass is 316 g/mol. The molecule has 3 nitrogen and oxygen atoms in total. The SMILES string of the molecule is O=C(Nc1cccc(Br)c1)N1CCc2ccccc21. The van der Waals surface area contributed by atoms with E-state index >= 15 is 0 Å². The molecule has 2 aromatic carbocycles. The molecule has 2 amide bonds. The number of rotatable bonds is 1. The Bertz CT molecular complexity index is 627. The molecule has 4 heteroatoms. The summed E-state index contributed by atoms with van der Waals surface area (Å²) in [4.78, 5) is 14.1. The first kappa shape index (κ1) is 12.2. The summed E-state index contributed by atoms with van der Waals surface area (Å²) in [6.45, 7) is 0.735. The molecule has 0 saturated carbocycles. The smallest absolute Gasteiger partial charge is 0.308 e. The highest BCUT2D eigenvalue weighted by Crippen LogP contribution is 2.28. The van der Waals surface area contributed by atoms with Gasteiger partial charge < -0.3 is 5.32 Å². The van der Waals surface area contributed by atoms with Crippen LogP contribution in [0.2, 0.25) is 0 Å². The zero-order valence-corrected chi connectivity index (χ0v) is 11.9. The highest BCUT2D eigenvalue weighted by molar-refractivity contribution is 9.10. The maximum atomic E-state index is 12.3. The second-order valence-electron chi connectivity index (χ2n) is 4.47. The van der Waals surface area contributed by atoms with E-state index in [9.17, 15) is 4.79 Å². The molecular formula is C15H13BrN2O. The predicted octanol–water partition coefficient (Wildman–Crippen LogP) is 4.04. The quantitative estimate of drug-likeness (QED) is 0.846. The fourth-order valence-corrected chi connectivity index (χ4v) is 2.71. The van der Waals surface area contributed by atoms with Gasteiger partial charge in [-0.05, 0) is 36.2 Å². The van der Waals surface area contributed by atoms with Crippen LogP contribution in [0.25, 0.3) is 0 Å². The van der Waals surface area contributed by atoms with Crippen molar-refractivity contribution in [2.75, 3.05) is 16.8 Å². The molecular weight excluding hydrogens is 304 g/mol. The number of carbonyl (C=O) groups excluding carboxylic acids is 1. The molecule has 1 aliphatic heterocycles. The Morgan fingerprint density at radius 1 is 1.16 bits per heavy atom. The number of benzene rings is 2. The van der Waals surface area contributed by atoms with Gasteiger partial charge in [-0.3, -0.25) is 4.90 Å². The molecule has 0 radical (unpaired) electrons. The van der Waals surface area contributed by atoms with Crippen LogP contribution < -0.4 is 10.2 Å². The lowest BCUT2D eigenvalue weighted by molar-refractivity contribution is 0.257. The molecule has 1 aliphatic rings. The van der Waals surface area contributed by atoms with Crippen molar-refractivity contribution in [1.82, 2.24) is 0 Å². The van der Waals surface area contributed by atoms with Crippen molar-refractivity contribution in [2.45, 2.75) is 6.42 Å². The first-order valence-electron chi connectivity index (χ1n) is 6.16. The molecule has 0 fully saturated rings. The third-order valence-electron chi connectivity index (χ3n) is 3.21. The van der Waals surface area contributed by atoms with Gasteiger partial charge >= 0.3 is 6.03 Å². The zero-order valence-electron chi connectivity index (χ0n) is 10.3. The van der Waals surface area contributed by atoms with Crippen LogP contribution in [0.1, 0.15) is 5.56 Å². The van der Waals surface area contributed by atoms with Crippen molar-refractivity contribution in [3.63, 3.8) is 0 Å². The van der Waals surface area contributed by atoms with Gasteiger partial charge in [0, 0.05) is 22.4 Å². The number of halogens is 1. The fourth-order valence-electron chi connectivity index (χ4n) is 2.31. The van der Waals surface area contributed by atoms with E-state index in [4.69, 9.17) is 0 Å². The van der Waals surface area contributed by atoms with E-state index in [1.807, 2.05) is 42.5 Å². The largest absolute Gasteiger partial charge is 0.326 e. The van der Waals surface area contributed by atoms with Crippen LogP contribution in [0.3, 0.4) is 0 Å². The molecule has 1 heterocycles. The molecule has 0 unspecified atom stereocenters. The van der Waals surface area contributed by atoms with Gasteiger partial charge in [0.15, 0.2) is 0 Å². The molecule has 0 atom stereocenters. The lowest BCUT2D eigenvalue weighted by atomic mass is 10.2. The molecule has 96 valence electrons. The van der Waals surface area contributed by atoms with Crippen molar-refractivity contribution in [3.8, 4) is 0 Å². The first-order chi connectivity index (χ1) is 9.24. The summed E-state index contributed by atoms with van der Waals surface area (Å²) in [5.41, 5.74) is 3.03. The minimum Gasteiger partial charge on any atom is -0.308 e. The van der Waals surface area contributed by atoms with Crippen molar-refractivity contribution in [3.05, 3.63) is 58.6 Å². The Hall–Kier alpha value is -1.81. The van der Waals surface area contributed by atoms with Crippen LogP contribution in [-0.2, 0) is 6.42 Å². The first-order valence-corrected chi connectivity index (χ1v) is 6.95. The van der Waals surface area contributed by atoms with Gasteiger partial charge in [0.25, 0.3) is 0 Å². The number of fused-ring (bicyclic) bond motifs is 1. The van der Waals surface area contributed by atoms with Crippen LogP contribution in [0.15, 0.2) is 53.0 Å². The van der Waals surface area contributed by atoms with E-state index in [0.29, 0.717) is 0 Å². The van der Waals surface area contributed by atoms with Crippen molar-refractivity contribution in [1.29, 1.82) is 0 Å². The number of anilines is 2. The maximum Gasteiger partial charge on any atom is 0.326 e. The molecule has 0 bridgehead atoms. The molecule has 3 rings (SSSR count). The maximum absolute atomic E-state index is 12.3. The standard InChI is InChI=1S/C15H13BrN2O/c16-12-5-3-6-13(10-12)17-15(19)18-9-8-11-4-1-2-7-14(11)18/h1-7,10H,8-9H2,(H,17,19). The topological polar surface area (TPSA) is 32.3 Å². The number of nitrogens with one attached hydrogen (secondary N) is 1. The fraction of sp³-hybridized carbons (Fsp3) is 0.133. The number of hydrogen-bond acceptors (Lipinski definition) is 1. The lowest BCUT2D eigenvalue weighted by Crippen LogP contribution is -2.33. The van der Waals surface area contributed by atoms with Crippen LogP contribution >= 0.6 is 15.9 Å². The molecule has 2 aromatic rings. The van der Waals surface area contributed by atoms with E-state index < -0.39 is 0 Å². The van der Waals surface area contributed by atoms with Crippen molar-refractivity contribution >= 4 is 33.3 Å². The van der Waals surface area contributed by atoms with E-state index in [2.05, 4.69) is 27.3 Å². The van der Waals surface area contributed by atoms with Gasteiger partial charge in [-0.15, -0.1) is 0 Å². The van der Waals surface area contributed by atoms with Crippen molar-refractivity contribution < 1.29 is 4.79 Å². The third-order valence-corrected chi connectivity index (χ3v) is 3.70. The number of carbonyl (C=O) groups is 1. The Morgan fingerprint density at radius 3 is 2.84 bits per heavy atom. The summed E-state index contributed by atoms with van der Waals surface area (Å²) >= 11 is 3.40. The average molecular weight is 317 g/mol. The minimum absolute atomic E-state index is 0.0805. The number of urea groups is 1. The number of amides is 2. The second-order valence-corrected chi connectivity index (χ2v) is 5.39. The second kappa shape index (κ2) is 5.05. The molecule has 1 N–H and O–H groups in total. The normalized spacial score (nSPS) is 13.2.